The molecule has 1 atom stereocenters. The number of carbonyl (C=O) groups excluding carboxylic acids is 3. The van der Waals surface area contributed by atoms with Crippen LogP contribution in [0.1, 0.15) is 49.9 Å². The normalized spacial score (nSPS) is 13.7. The number of amides is 4. The molecule has 1 aromatic heterocycles. The number of aliphatic carboxylic acids is 1. The third-order valence-corrected chi connectivity index (χ3v) is 10.8. The molecule has 1 aliphatic heterocycles. The van der Waals surface area contributed by atoms with Crippen LogP contribution in [-0.4, -0.2) is 61.4 Å². The monoisotopic (exact) mass is 689 g/mol. The number of thiophene rings is 1. The van der Waals surface area contributed by atoms with Crippen molar-refractivity contribution in [3.63, 3.8) is 0 Å². The van der Waals surface area contributed by atoms with Crippen LogP contribution in [0.15, 0.2) is 89.8 Å². The largest absolute Gasteiger partial charge is 0.480 e. The molecule has 4 aromatic rings. The molecule has 0 aliphatic carbocycles. The smallest absolute Gasteiger partial charge is 0.323 e. The van der Waals surface area contributed by atoms with E-state index < -0.39 is 40.0 Å². The van der Waals surface area contributed by atoms with Crippen LogP contribution < -0.4 is 20.7 Å². The predicted octanol–water partition coefficient (Wildman–Crippen LogP) is 4.80. The number of para-hydroxylation sites is 1. The summed E-state index contributed by atoms with van der Waals surface area (Å²) < 4.78 is 27.4. The van der Waals surface area contributed by atoms with E-state index in [9.17, 15) is 32.7 Å². The zero-order chi connectivity index (χ0) is 34.6. The van der Waals surface area contributed by atoms with Gasteiger partial charge in [-0.1, -0.05) is 48.5 Å². The molecule has 14 heteroatoms. The highest BCUT2D eigenvalue weighted by Crippen LogP contribution is 2.36. The fraction of sp³-hybridized carbons (Fsp3) is 0.235. The van der Waals surface area contributed by atoms with Gasteiger partial charge in [0.2, 0.25) is 10.0 Å². The van der Waals surface area contributed by atoms with Gasteiger partial charge in [-0.25, -0.2) is 13.2 Å². The predicted molar refractivity (Wildman–Crippen MR) is 183 cm³/mol. The van der Waals surface area contributed by atoms with E-state index in [2.05, 4.69) is 20.7 Å². The van der Waals surface area contributed by atoms with Gasteiger partial charge in [-0.05, 0) is 68.3 Å². The second kappa shape index (κ2) is 14.0. The summed E-state index contributed by atoms with van der Waals surface area (Å²) in [5.74, 6) is -2.33. The lowest BCUT2D eigenvalue weighted by molar-refractivity contribution is -0.138. The van der Waals surface area contributed by atoms with Crippen LogP contribution in [0.4, 0.5) is 16.2 Å². The van der Waals surface area contributed by atoms with Gasteiger partial charge in [0.1, 0.15) is 6.04 Å². The molecular weight excluding hydrogens is 655 g/mol. The molecule has 0 unspecified atom stereocenters. The first-order valence-corrected chi connectivity index (χ1v) is 17.3. The topological polar surface area (TPSA) is 174 Å². The zero-order valence-electron chi connectivity index (χ0n) is 26.4. The van der Waals surface area contributed by atoms with Crippen molar-refractivity contribution in [2.45, 2.75) is 43.7 Å². The van der Waals surface area contributed by atoms with Crippen molar-refractivity contribution >= 4 is 56.5 Å². The Morgan fingerprint density at radius 3 is 2.29 bits per heavy atom. The van der Waals surface area contributed by atoms with E-state index in [0.29, 0.717) is 29.9 Å². The van der Waals surface area contributed by atoms with Crippen molar-refractivity contribution in [3.05, 3.63) is 111 Å². The van der Waals surface area contributed by atoms with Gasteiger partial charge in [0.05, 0.1) is 20.9 Å². The Morgan fingerprint density at radius 2 is 1.62 bits per heavy atom. The number of carboxylic acids is 1. The molecule has 2 heterocycles. The number of hydrogen-bond acceptors (Lipinski definition) is 7. The first-order chi connectivity index (χ1) is 22.8. The lowest BCUT2D eigenvalue weighted by Crippen LogP contribution is -2.48. The van der Waals surface area contributed by atoms with Crippen LogP contribution in [0.3, 0.4) is 0 Å². The van der Waals surface area contributed by atoms with Crippen LogP contribution >= 0.6 is 11.3 Å². The number of rotatable bonds is 11. The first-order valence-electron chi connectivity index (χ1n) is 15.0. The Bertz CT molecular complexity index is 1960. The molecule has 3 aromatic carbocycles. The SMILES string of the molecule is Cc1ccccc1NC(=O)Nc1ccc(C(C)(C)N2CCc3sc(C(=O)NC[C@H](NS(=O)(=O)c4ccccc4)C(=O)O)cc3C2=O)cc1. The number of aryl methyl sites for hydroxylation is 1. The number of anilines is 2. The Balaban J connectivity index is 1.22. The second-order valence-corrected chi connectivity index (χ2v) is 14.6. The maximum atomic E-state index is 13.7. The second-order valence-electron chi connectivity index (χ2n) is 11.7. The summed E-state index contributed by atoms with van der Waals surface area (Å²) in [6.07, 6.45) is 0.510. The molecule has 250 valence electrons. The minimum absolute atomic E-state index is 0.103. The molecule has 0 spiro atoms. The number of nitrogens with one attached hydrogen (secondary N) is 4. The Labute approximate surface area is 282 Å². The summed E-state index contributed by atoms with van der Waals surface area (Å²) in [5.41, 5.74) is 2.73. The van der Waals surface area contributed by atoms with E-state index in [1.54, 1.807) is 23.1 Å². The molecule has 0 saturated carbocycles. The van der Waals surface area contributed by atoms with Crippen molar-refractivity contribution in [2.75, 3.05) is 23.7 Å². The maximum absolute atomic E-state index is 13.7. The van der Waals surface area contributed by atoms with E-state index in [-0.39, 0.29) is 21.7 Å². The fourth-order valence-electron chi connectivity index (χ4n) is 5.33. The highest BCUT2D eigenvalue weighted by molar-refractivity contribution is 7.89. The number of carbonyl (C=O) groups is 4. The molecule has 0 radical (unpaired) electrons. The van der Waals surface area contributed by atoms with Gasteiger partial charge >= 0.3 is 12.0 Å². The van der Waals surface area contributed by atoms with Gasteiger partial charge in [-0.15, -0.1) is 11.3 Å². The molecule has 12 nitrogen and oxygen atoms in total. The van der Waals surface area contributed by atoms with Crippen molar-refractivity contribution < 1.29 is 32.7 Å². The number of urea groups is 1. The molecule has 1 aliphatic rings. The lowest BCUT2D eigenvalue weighted by Gasteiger charge is -2.41. The van der Waals surface area contributed by atoms with Crippen molar-refractivity contribution in [3.8, 4) is 0 Å². The number of hydrogen-bond donors (Lipinski definition) is 5. The fourth-order valence-corrected chi connectivity index (χ4v) is 7.60. The summed E-state index contributed by atoms with van der Waals surface area (Å²) in [6.45, 7) is 5.65. The van der Waals surface area contributed by atoms with Gasteiger partial charge < -0.3 is 26.0 Å². The molecule has 48 heavy (non-hydrogen) atoms. The minimum atomic E-state index is -4.14. The standard InChI is InChI=1S/C34H35N5O7S2/c1-21-9-7-8-12-26(21)37-33(44)36-23-15-13-22(14-16-23)34(2,3)39-18-17-28-25(31(39)41)19-29(47-28)30(40)35-20-27(32(42)43)38-48(45,46)24-10-5-4-6-11-24/h4-16,19,27,38H,17-18,20H2,1-3H3,(H,35,40)(H,42,43)(H2,36,37,44)/t27-/m0/s1. The van der Waals surface area contributed by atoms with Gasteiger partial charge in [0, 0.05) is 35.8 Å². The van der Waals surface area contributed by atoms with E-state index in [1.165, 1.54) is 30.3 Å². The van der Waals surface area contributed by atoms with E-state index in [4.69, 9.17) is 0 Å². The minimum Gasteiger partial charge on any atom is -0.480 e. The van der Waals surface area contributed by atoms with Gasteiger partial charge in [-0.2, -0.15) is 4.72 Å². The van der Waals surface area contributed by atoms with E-state index in [1.807, 2.05) is 57.2 Å². The highest BCUT2D eigenvalue weighted by atomic mass is 32.2. The molecule has 5 N–H and O–H groups in total. The number of benzene rings is 3. The van der Waals surface area contributed by atoms with Crippen LogP contribution in [-0.2, 0) is 26.8 Å². The van der Waals surface area contributed by atoms with E-state index in [0.717, 1.165) is 27.3 Å². The number of fused-ring (bicyclic) bond motifs is 1. The number of sulfonamides is 1. The van der Waals surface area contributed by atoms with Crippen LogP contribution in [0.5, 0.6) is 0 Å². The Kier molecular flexibility index (Phi) is 9.98. The molecule has 5 rings (SSSR count). The van der Waals surface area contributed by atoms with Gasteiger partial charge in [0.15, 0.2) is 0 Å². The number of carboxylic acid groups (broad SMARTS) is 1. The van der Waals surface area contributed by atoms with Crippen LogP contribution in [0, 0.1) is 6.92 Å². The van der Waals surface area contributed by atoms with Gasteiger partial charge in [-0.3, -0.25) is 14.4 Å². The Morgan fingerprint density at radius 1 is 0.958 bits per heavy atom. The van der Waals surface area contributed by atoms with Crippen molar-refractivity contribution in [1.29, 1.82) is 0 Å². The highest BCUT2D eigenvalue weighted by Gasteiger charge is 2.38. The average Bonchev–Trinajstić information content (AvgIpc) is 3.50. The molecular formula is C34H35N5O7S2. The third kappa shape index (κ3) is 7.56. The molecule has 0 saturated heterocycles. The van der Waals surface area contributed by atoms with Crippen molar-refractivity contribution in [1.82, 2.24) is 14.9 Å². The summed E-state index contributed by atoms with van der Waals surface area (Å²) >= 11 is 1.14. The van der Waals surface area contributed by atoms with Gasteiger partial charge in [0.25, 0.3) is 11.8 Å². The quantitative estimate of drug-likeness (QED) is 0.150. The molecule has 0 bridgehead atoms. The lowest BCUT2D eigenvalue weighted by atomic mass is 9.89. The summed E-state index contributed by atoms with van der Waals surface area (Å²) in [7, 11) is -4.14. The summed E-state index contributed by atoms with van der Waals surface area (Å²) in [5, 5.41) is 17.7. The van der Waals surface area contributed by atoms with Crippen LogP contribution in [0.2, 0.25) is 0 Å². The number of nitrogens with zero attached hydrogens (tertiary/aromatic N) is 1. The molecule has 0 fully saturated rings. The van der Waals surface area contributed by atoms with E-state index >= 15 is 0 Å². The Hall–Kier alpha value is -5.05. The summed E-state index contributed by atoms with van der Waals surface area (Å²) in [6, 6.07) is 21.5. The summed E-state index contributed by atoms with van der Waals surface area (Å²) in [4.78, 5) is 53.6. The first kappa shape index (κ1) is 34.3. The van der Waals surface area contributed by atoms with Crippen molar-refractivity contribution in [2.24, 2.45) is 0 Å². The average molecular weight is 690 g/mol. The third-order valence-electron chi connectivity index (χ3n) is 8.10. The maximum Gasteiger partial charge on any atom is 0.323 e. The van der Waals surface area contributed by atoms with Crippen LogP contribution in [0.25, 0.3) is 0 Å². The zero-order valence-corrected chi connectivity index (χ0v) is 28.1. The molecule has 4 amide bonds.